The zero-order chi connectivity index (χ0) is 24.9. The van der Waals surface area contributed by atoms with Crippen LogP contribution < -0.4 is 4.74 Å². The van der Waals surface area contributed by atoms with Crippen LogP contribution in [0.5, 0.6) is 11.5 Å². The molecule has 0 fully saturated rings. The standard InChI is InChI=1S/C28H18O7/c29-25(17-7-3-1-4-8-17)21-13-11-20(16-24(21)28(33)34)35-19-12-14-22(27(31)32)23(15-19)26(30)18-9-5-2-6-10-18/h1-16H,(H,31,32)(H,33,34). The van der Waals surface area contributed by atoms with Crippen molar-refractivity contribution in [3.63, 3.8) is 0 Å². The average Bonchev–Trinajstić information content (AvgIpc) is 2.88. The Labute approximate surface area is 199 Å². The molecule has 7 nitrogen and oxygen atoms in total. The quantitative estimate of drug-likeness (QED) is 0.337. The largest absolute Gasteiger partial charge is 0.478 e. The molecule has 4 aromatic carbocycles. The highest BCUT2D eigenvalue weighted by atomic mass is 16.5. The smallest absolute Gasteiger partial charge is 0.336 e. The van der Waals surface area contributed by atoms with Crippen molar-refractivity contribution >= 4 is 23.5 Å². The van der Waals surface area contributed by atoms with Crippen LogP contribution in [0.3, 0.4) is 0 Å². The molecule has 0 aliphatic rings. The highest BCUT2D eigenvalue weighted by molar-refractivity contribution is 6.15. The Balaban J connectivity index is 1.69. The van der Waals surface area contributed by atoms with E-state index in [-0.39, 0.29) is 33.8 Å². The Morgan fingerprint density at radius 3 is 1.40 bits per heavy atom. The van der Waals surface area contributed by atoms with E-state index < -0.39 is 23.5 Å². The summed E-state index contributed by atoms with van der Waals surface area (Å²) in [5.41, 5.74) is 0.133. The summed E-state index contributed by atoms with van der Waals surface area (Å²) in [5, 5.41) is 19.2. The van der Waals surface area contributed by atoms with E-state index in [4.69, 9.17) is 4.74 Å². The lowest BCUT2D eigenvalue weighted by Crippen LogP contribution is -2.10. The Hall–Kier alpha value is -5.04. The van der Waals surface area contributed by atoms with Gasteiger partial charge in [0.1, 0.15) is 11.5 Å². The lowest BCUT2D eigenvalue weighted by atomic mass is 9.97. The van der Waals surface area contributed by atoms with Crippen molar-refractivity contribution in [2.24, 2.45) is 0 Å². The fourth-order valence-corrected chi connectivity index (χ4v) is 3.55. The van der Waals surface area contributed by atoms with Gasteiger partial charge in [-0.15, -0.1) is 0 Å². The highest BCUT2D eigenvalue weighted by Gasteiger charge is 2.21. The van der Waals surface area contributed by atoms with Gasteiger partial charge in [-0.3, -0.25) is 9.59 Å². The topological polar surface area (TPSA) is 118 Å². The molecule has 0 radical (unpaired) electrons. The van der Waals surface area contributed by atoms with Gasteiger partial charge in [0.15, 0.2) is 11.6 Å². The number of ketones is 2. The molecule has 0 heterocycles. The van der Waals surface area contributed by atoms with Gasteiger partial charge in [0.05, 0.1) is 11.1 Å². The van der Waals surface area contributed by atoms with E-state index >= 15 is 0 Å². The van der Waals surface area contributed by atoms with Crippen LogP contribution in [0.1, 0.15) is 52.6 Å². The molecule has 0 unspecified atom stereocenters. The summed E-state index contributed by atoms with van der Waals surface area (Å²) in [7, 11) is 0. The van der Waals surface area contributed by atoms with Gasteiger partial charge in [-0.05, 0) is 36.4 Å². The second kappa shape index (κ2) is 9.84. The van der Waals surface area contributed by atoms with Gasteiger partial charge in [0.2, 0.25) is 0 Å². The Morgan fingerprint density at radius 1 is 0.486 bits per heavy atom. The van der Waals surface area contributed by atoms with Crippen LogP contribution in [-0.2, 0) is 0 Å². The molecule has 172 valence electrons. The van der Waals surface area contributed by atoms with E-state index in [1.807, 2.05) is 0 Å². The number of hydrogen-bond donors (Lipinski definition) is 2. The molecule has 0 atom stereocenters. The van der Waals surface area contributed by atoms with Crippen LogP contribution in [0, 0.1) is 0 Å². The minimum absolute atomic E-state index is 0.00257. The van der Waals surface area contributed by atoms with Crippen molar-refractivity contribution < 1.29 is 34.1 Å². The molecule has 0 aromatic heterocycles. The second-order valence-corrected chi connectivity index (χ2v) is 7.52. The summed E-state index contributed by atoms with van der Waals surface area (Å²) in [6.07, 6.45) is 0. The summed E-state index contributed by atoms with van der Waals surface area (Å²) in [6.45, 7) is 0. The molecular weight excluding hydrogens is 448 g/mol. The fourth-order valence-electron chi connectivity index (χ4n) is 3.55. The molecule has 0 aliphatic carbocycles. The Kier molecular flexibility index (Phi) is 6.50. The SMILES string of the molecule is O=C(O)c1cc(Oc2ccc(C(=O)O)c(C(=O)c3ccccc3)c2)ccc1C(=O)c1ccccc1. The maximum absolute atomic E-state index is 12.9. The van der Waals surface area contributed by atoms with Crippen molar-refractivity contribution in [2.75, 3.05) is 0 Å². The molecule has 4 rings (SSSR count). The lowest BCUT2D eigenvalue weighted by Gasteiger charge is -2.12. The van der Waals surface area contributed by atoms with E-state index in [1.165, 1.54) is 36.4 Å². The van der Waals surface area contributed by atoms with Gasteiger partial charge in [-0.25, -0.2) is 9.59 Å². The first kappa shape index (κ1) is 23.1. The molecule has 4 aromatic rings. The van der Waals surface area contributed by atoms with Crippen molar-refractivity contribution in [1.82, 2.24) is 0 Å². The Bertz CT molecular complexity index is 1440. The monoisotopic (exact) mass is 466 g/mol. The molecule has 7 heteroatoms. The second-order valence-electron chi connectivity index (χ2n) is 7.52. The predicted molar refractivity (Wildman–Crippen MR) is 127 cm³/mol. The van der Waals surface area contributed by atoms with Crippen LogP contribution in [-0.4, -0.2) is 33.7 Å². The number of rotatable bonds is 8. The van der Waals surface area contributed by atoms with Crippen LogP contribution >= 0.6 is 0 Å². The van der Waals surface area contributed by atoms with Crippen molar-refractivity contribution in [3.05, 3.63) is 130 Å². The maximum atomic E-state index is 12.9. The van der Waals surface area contributed by atoms with Crippen LogP contribution in [0.15, 0.2) is 97.1 Å². The van der Waals surface area contributed by atoms with Gasteiger partial charge in [-0.1, -0.05) is 60.7 Å². The molecule has 0 spiro atoms. The van der Waals surface area contributed by atoms with Gasteiger partial charge in [0.25, 0.3) is 0 Å². The summed E-state index contributed by atoms with van der Waals surface area (Å²) >= 11 is 0. The van der Waals surface area contributed by atoms with Gasteiger partial charge >= 0.3 is 11.9 Å². The lowest BCUT2D eigenvalue weighted by molar-refractivity contribution is 0.0683. The van der Waals surface area contributed by atoms with E-state index in [0.29, 0.717) is 11.1 Å². The number of carbonyl (C=O) groups excluding carboxylic acids is 2. The van der Waals surface area contributed by atoms with Gasteiger partial charge in [-0.2, -0.15) is 0 Å². The minimum Gasteiger partial charge on any atom is -0.478 e. The number of carboxylic acids is 2. The molecule has 0 saturated heterocycles. The zero-order valence-electron chi connectivity index (χ0n) is 18.2. The maximum Gasteiger partial charge on any atom is 0.336 e. The van der Waals surface area contributed by atoms with Gasteiger partial charge in [0, 0.05) is 22.3 Å². The number of hydrogen-bond acceptors (Lipinski definition) is 5. The fraction of sp³-hybridized carbons (Fsp3) is 0. The van der Waals surface area contributed by atoms with Crippen LogP contribution in [0.2, 0.25) is 0 Å². The van der Waals surface area contributed by atoms with Crippen LogP contribution in [0.4, 0.5) is 0 Å². The van der Waals surface area contributed by atoms with E-state index in [9.17, 15) is 29.4 Å². The number of aromatic carboxylic acids is 2. The average molecular weight is 466 g/mol. The van der Waals surface area contributed by atoms with Crippen molar-refractivity contribution in [1.29, 1.82) is 0 Å². The predicted octanol–water partition coefficient (Wildman–Crippen LogP) is 5.34. The molecular formula is C28H18O7. The van der Waals surface area contributed by atoms with Crippen molar-refractivity contribution in [3.8, 4) is 11.5 Å². The third kappa shape index (κ3) is 4.99. The van der Waals surface area contributed by atoms with Crippen LogP contribution in [0.25, 0.3) is 0 Å². The molecule has 35 heavy (non-hydrogen) atoms. The third-order valence-electron chi connectivity index (χ3n) is 5.24. The highest BCUT2D eigenvalue weighted by Crippen LogP contribution is 2.28. The number of carbonyl (C=O) groups is 4. The molecule has 0 aliphatic heterocycles. The minimum atomic E-state index is -1.31. The van der Waals surface area contributed by atoms with E-state index in [0.717, 1.165) is 0 Å². The summed E-state index contributed by atoms with van der Waals surface area (Å²) in [5.74, 6) is -3.29. The normalized spacial score (nSPS) is 10.4. The summed E-state index contributed by atoms with van der Waals surface area (Å²) in [4.78, 5) is 49.3. The van der Waals surface area contributed by atoms with Crippen molar-refractivity contribution in [2.45, 2.75) is 0 Å². The molecule has 0 saturated carbocycles. The third-order valence-corrected chi connectivity index (χ3v) is 5.24. The number of benzene rings is 4. The first-order chi connectivity index (χ1) is 16.8. The summed E-state index contributed by atoms with van der Waals surface area (Å²) in [6, 6.07) is 24.4. The number of ether oxygens (including phenoxy) is 1. The first-order valence-electron chi connectivity index (χ1n) is 10.5. The Morgan fingerprint density at radius 2 is 0.914 bits per heavy atom. The zero-order valence-corrected chi connectivity index (χ0v) is 18.2. The molecule has 0 bridgehead atoms. The van der Waals surface area contributed by atoms with Gasteiger partial charge < -0.3 is 14.9 Å². The summed E-state index contributed by atoms with van der Waals surface area (Å²) < 4.78 is 5.75. The first-order valence-corrected chi connectivity index (χ1v) is 10.5. The van der Waals surface area contributed by atoms with E-state index in [1.54, 1.807) is 60.7 Å². The number of carboxylic acid groups (broad SMARTS) is 2. The molecule has 0 amide bonds. The molecule has 2 N–H and O–H groups in total. The van der Waals surface area contributed by atoms with E-state index in [2.05, 4.69) is 0 Å².